The van der Waals surface area contributed by atoms with Crippen molar-refractivity contribution in [1.29, 1.82) is 0 Å². The molecule has 1 fully saturated rings. The van der Waals surface area contributed by atoms with Crippen molar-refractivity contribution in [2.24, 2.45) is 5.41 Å². The number of anilines is 1. The molecule has 7 heteroatoms. The van der Waals surface area contributed by atoms with Crippen LogP contribution in [0, 0.1) is 5.41 Å². The van der Waals surface area contributed by atoms with Crippen LogP contribution in [0.15, 0.2) is 24.3 Å². The monoisotopic (exact) mass is 352 g/mol. The van der Waals surface area contributed by atoms with Crippen molar-refractivity contribution in [1.82, 2.24) is 4.90 Å². The summed E-state index contributed by atoms with van der Waals surface area (Å²) >= 11 is 0. The highest BCUT2D eigenvalue weighted by atomic mass is 32.2. The molecule has 1 saturated heterocycles. The van der Waals surface area contributed by atoms with E-state index in [0.29, 0.717) is 24.5 Å². The molecule has 1 aromatic carbocycles. The van der Waals surface area contributed by atoms with Crippen LogP contribution in [-0.2, 0) is 14.8 Å². The molecule has 3 rings (SSSR count). The second-order valence-electron chi connectivity index (χ2n) is 7.40. The third kappa shape index (κ3) is 3.36. The van der Waals surface area contributed by atoms with E-state index in [1.807, 2.05) is 4.90 Å². The number of carbonyl (C=O) groups excluding carboxylic acids is 1. The standard InChI is InChI=1S/C17H24N2O4S/c1-17(2)9-6-10-18(12-17)16(20)15-11-19(24(3,21)22)13-7-4-5-8-14(13)23-15/h4-5,7-8,15H,6,9-12H2,1-3H3/t15-/m0/s1. The number of piperidine rings is 1. The lowest BCUT2D eigenvalue weighted by molar-refractivity contribution is -0.141. The van der Waals surface area contributed by atoms with Gasteiger partial charge >= 0.3 is 0 Å². The number of hydrogen-bond donors (Lipinski definition) is 0. The molecule has 0 N–H and O–H groups in total. The molecule has 1 atom stereocenters. The maximum Gasteiger partial charge on any atom is 0.265 e. The first-order valence-corrected chi connectivity index (χ1v) is 10.0. The van der Waals surface area contributed by atoms with E-state index in [0.717, 1.165) is 19.1 Å². The van der Waals surface area contributed by atoms with E-state index in [1.165, 1.54) is 4.31 Å². The van der Waals surface area contributed by atoms with Crippen LogP contribution in [0.5, 0.6) is 5.75 Å². The molecular formula is C17H24N2O4S. The second kappa shape index (κ2) is 5.95. The molecule has 0 unspecified atom stereocenters. The molecule has 1 amide bonds. The van der Waals surface area contributed by atoms with E-state index in [2.05, 4.69) is 13.8 Å². The topological polar surface area (TPSA) is 66.9 Å². The summed E-state index contributed by atoms with van der Waals surface area (Å²) in [5, 5.41) is 0. The van der Waals surface area contributed by atoms with Gasteiger partial charge in [0, 0.05) is 13.1 Å². The first-order chi connectivity index (χ1) is 11.2. The minimum absolute atomic E-state index is 0.0195. The van der Waals surface area contributed by atoms with Gasteiger partial charge in [-0.25, -0.2) is 8.42 Å². The summed E-state index contributed by atoms with van der Waals surface area (Å²) in [5.74, 6) is 0.301. The Morgan fingerprint density at radius 2 is 2.00 bits per heavy atom. The molecule has 1 aromatic rings. The van der Waals surface area contributed by atoms with E-state index in [1.54, 1.807) is 24.3 Å². The fourth-order valence-corrected chi connectivity index (χ4v) is 4.37. The number of fused-ring (bicyclic) bond motifs is 1. The molecule has 0 bridgehead atoms. The zero-order valence-electron chi connectivity index (χ0n) is 14.4. The second-order valence-corrected chi connectivity index (χ2v) is 9.30. The summed E-state index contributed by atoms with van der Waals surface area (Å²) in [6.45, 7) is 5.68. The predicted octanol–water partition coefficient (Wildman–Crippen LogP) is 1.86. The Kier molecular flexibility index (Phi) is 4.23. The number of carbonyl (C=O) groups is 1. The van der Waals surface area contributed by atoms with E-state index >= 15 is 0 Å². The lowest BCUT2D eigenvalue weighted by Gasteiger charge is -2.41. The fourth-order valence-electron chi connectivity index (χ4n) is 3.46. The van der Waals surface area contributed by atoms with Crippen molar-refractivity contribution < 1.29 is 17.9 Å². The Labute approximate surface area is 143 Å². The third-order valence-corrected chi connectivity index (χ3v) is 5.77. The number of ether oxygens (including phenoxy) is 1. The molecule has 6 nitrogen and oxygen atoms in total. The SMILES string of the molecule is CC1(C)CCCN(C(=O)[C@@H]2CN(S(C)(=O)=O)c3ccccc3O2)C1. The van der Waals surface area contributed by atoms with Gasteiger partial charge in [0.05, 0.1) is 18.5 Å². The van der Waals surface area contributed by atoms with Crippen molar-refractivity contribution in [2.45, 2.75) is 32.8 Å². The molecule has 2 aliphatic rings. The smallest absolute Gasteiger partial charge is 0.265 e. The van der Waals surface area contributed by atoms with Crippen LogP contribution in [0.4, 0.5) is 5.69 Å². The Morgan fingerprint density at radius 3 is 2.67 bits per heavy atom. The molecule has 0 radical (unpaired) electrons. The number of rotatable bonds is 2. The lowest BCUT2D eigenvalue weighted by atomic mass is 9.84. The first-order valence-electron chi connectivity index (χ1n) is 8.20. The van der Waals surface area contributed by atoms with Gasteiger partial charge in [0.15, 0.2) is 6.10 Å². The minimum Gasteiger partial charge on any atom is -0.476 e. The van der Waals surface area contributed by atoms with Crippen molar-refractivity contribution in [3.8, 4) is 5.75 Å². The van der Waals surface area contributed by atoms with Crippen molar-refractivity contribution in [3.05, 3.63) is 24.3 Å². The van der Waals surface area contributed by atoms with Crippen LogP contribution in [0.3, 0.4) is 0 Å². The molecule has 132 valence electrons. The molecule has 0 spiro atoms. The third-order valence-electron chi connectivity index (χ3n) is 4.62. The Morgan fingerprint density at radius 1 is 1.29 bits per heavy atom. The summed E-state index contributed by atoms with van der Waals surface area (Å²) < 4.78 is 31.4. The van der Waals surface area contributed by atoms with Gasteiger partial charge in [-0.1, -0.05) is 26.0 Å². The predicted molar refractivity (Wildman–Crippen MR) is 92.6 cm³/mol. The van der Waals surface area contributed by atoms with Gasteiger partial charge in [-0.2, -0.15) is 0 Å². The largest absolute Gasteiger partial charge is 0.476 e. The normalized spacial score (nSPS) is 23.4. The van der Waals surface area contributed by atoms with Crippen molar-refractivity contribution in [3.63, 3.8) is 0 Å². The molecule has 0 aromatic heterocycles. The highest BCUT2D eigenvalue weighted by molar-refractivity contribution is 7.92. The summed E-state index contributed by atoms with van der Waals surface area (Å²) in [6.07, 6.45) is 2.39. The van der Waals surface area contributed by atoms with Gasteiger partial charge < -0.3 is 9.64 Å². The van der Waals surface area contributed by atoms with Crippen molar-refractivity contribution >= 4 is 21.6 Å². The van der Waals surface area contributed by atoms with Gasteiger partial charge in [-0.3, -0.25) is 9.10 Å². The number of benzene rings is 1. The number of likely N-dealkylation sites (tertiary alicyclic amines) is 1. The molecule has 2 aliphatic heterocycles. The Balaban J connectivity index is 1.86. The van der Waals surface area contributed by atoms with Gasteiger partial charge in [0.25, 0.3) is 5.91 Å². The highest BCUT2D eigenvalue weighted by Gasteiger charge is 2.39. The average molecular weight is 352 g/mol. The summed E-state index contributed by atoms with van der Waals surface area (Å²) in [4.78, 5) is 14.7. The number of sulfonamides is 1. The van der Waals surface area contributed by atoms with Crippen LogP contribution in [0.25, 0.3) is 0 Å². The van der Waals surface area contributed by atoms with Crippen LogP contribution in [0.2, 0.25) is 0 Å². The number of hydrogen-bond acceptors (Lipinski definition) is 4. The maximum absolute atomic E-state index is 12.9. The van der Waals surface area contributed by atoms with Gasteiger partial charge in [0.1, 0.15) is 5.75 Å². The van der Waals surface area contributed by atoms with Gasteiger partial charge in [0.2, 0.25) is 10.0 Å². The summed E-state index contributed by atoms with van der Waals surface area (Å²) in [6, 6.07) is 6.93. The van der Waals surface area contributed by atoms with Gasteiger partial charge in [-0.15, -0.1) is 0 Å². The summed E-state index contributed by atoms with van der Waals surface area (Å²) in [5.41, 5.74) is 0.569. The van der Waals surface area contributed by atoms with Crippen LogP contribution in [0.1, 0.15) is 26.7 Å². The van der Waals surface area contributed by atoms with E-state index < -0.39 is 16.1 Å². The maximum atomic E-state index is 12.9. The van der Waals surface area contributed by atoms with E-state index in [9.17, 15) is 13.2 Å². The summed E-state index contributed by atoms with van der Waals surface area (Å²) in [7, 11) is -3.48. The number of para-hydroxylation sites is 2. The molecule has 2 heterocycles. The number of amides is 1. The van der Waals surface area contributed by atoms with Crippen LogP contribution in [-0.4, -0.2) is 51.2 Å². The molecule has 0 aliphatic carbocycles. The van der Waals surface area contributed by atoms with E-state index in [-0.39, 0.29) is 17.9 Å². The average Bonchev–Trinajstić information content (AvgIpc) is 2.51. The first kappa shape index (κ1) is 17.1. The molecule has 24 heavy (non-hydrogen) atoms. The van der Waals surface area contributed by atoms with E-state index in [4.69, 9.17) is 4.74 Å². The van der Waals surface area contributed by atoms with Crippen LogP contribution < -0.4 is 9.04 Å². The fraction of sp³-hybridized carbons (Fsp3) is 0.588. The quantitative estimate of drug-likeness (QED) is 0.815. The lowest BCUT2D eigenvalue weighted by Crippen LogP contribution is -2.54. The Hall–Kier alpha value is -1.76. The van der Waals surface area contributed by atoms with Crippen LogP contribution >= 0.6 is 0 Å². The minimum atomic E-state index is -3.48. The highest BCUT2D eigenvalue weighted by Crippen LogP contribution is 2.36. The Bertz CT molecular complexity index is 745. The number of nitrogens with zero attached hydrogens (tertiary/aromatic N) is 2. The van der Waals surface area contributed by atoms with Crippen molar-refractivity contribution in [2.75, 3.05) is 30.2 Å². The zero-order chi connectivity index (χ0) is 17.5. The molecular weight excluding hydrogens is 328 g/mol. The zero-order valence-corrected chi connectivity index (χ0v) is 15.2. The molecule has 0 saturated carbocycles. The van der Waals surface area contributed by atoms with Gasteiger partial charge in [-0.05, 0) is 30.4 Å².